The molecular weight excluding hydrogens is 396 g/mol. The van der Waals surface area contributed by atoms with E-state index in [4.69, 9.17) is 0 Å². The molecule has 1 aliphatic carbocycles. The molecule has 0 heterocycles. The second-order valence-corrected chi connectivity index (χ2v) is 9.00. The predicted molar refractivity (Wildman–Crippen MR) is 139 cm³/mol. The molecule has 4 aromatic carbocycles. The minimum atomic E-state index is 0.437. The van der Waals surface area contributed by atoms with Crippen molar-refractivity contribution in [1.29, 1.82) is 0 Å². The molecule has 0 heteroatoms. The first-order chi connectivity index (χ1) is 16.3. The Morgan fingerprint density at radius 1 is 0.424 bits per heavy atom. The Kier molecular flexibility index (Phi) is 6.63. The van der Waals surface area contributed by atoms with Crippen molar-refractivity contribution in [3.05, 3.63) is 166 Å². The Balaban J connectivity index is 1.54. The zero-order chi connectivity index (χ0) is 22.3. The minimum Gasteiger partial charge on any atom is -0.0622 e. The smallest absolute Gasteiger partial charge is 0.00632 e. The first-order valence-corrected chi connectivity index (χ1v) is 11.9. The number of rotatable bonds is 8. The van der Waals surface area contributed by atoms with Gasteiger partial charge in [-0.15, -0.1) is 0 Å². The first-order valence-electron chi connectivity index (χ1n) is 11.9. The second-order valence-electron chi connectivity index (χ2n) is 9.00. The molecule has 4 aromatic rings. The minimum absolute atomic E-state index is 0.437. The Morgan fingerprint density at radius 2 is 0.848 bits per heavy atom. The quantitative estimate of drug-likeness (QED) is 0.269. The van der Waals surface area contributed by atoms with E-state index in [1.807, 2.05) is 0 Å². The van der Waals surface area contributed by atoms with E-state index in [9.17, 15) is 0 Å². The summed E-state index contributed by atoms with van der Waals surface area (Å²) in [5.74, 6) is 0.437. The molecule has 33 heavy (non-hydrogen) atoms. The summed E-state index contributed by atoms with van der Waals surface area (Å²) < 4.78 is 0. The molecule has 0 radical (unpaired) electrons. The van der Waals surface area contributed by atoms with Crippen LogP contribution in [0.2, 0.25) is 0 Å². The maximum atomic E-state index is 2.52. The molecule has 162 valence electrons. The Hall–Kier alpha value is -3.64. The maximum Gasteiger partial charge on any atom is 0.00632 e. The normalized spacial score (nSPS) is 15.5. The van der Waals surface area contributed by atoms with Crippen LogP contribution in [0.3, 0.4) is 0 Å². The van der Waals surface area contributed by atoms with Crippen molar-refractivity contribution in [3.8, 4) is 0 Å². The average Bonchev–Trinajstić information content (AvgIpc) is 3.17. The van der Waals surface area contributed by atoms with Crippen molar-refractivity contribution in [1.82, 2.24) is 0 Å². The molecule has 1 unspecified atom stereocenters. The molecule has 0 aromatic heterocycles. The molecular formula is C33H30. The Bertz CT molecular complexity index is 1220. The van der Waals surface area contributed by atoms with Gasteiger partial charge in [0.05, 0.1) is 0 Å². The van der Waals surface area contributed by atoms with E-state index in [0.717, 1.165) is 25.7 Å². The van der Waals surface area contributed by atoms with E-state index in [0.29, 0.717) is 5.92 Å². The lowest BCUT2D eigenvalue weighted by atomic mass is 9.83. The van der Waals surface area contributed by atoms with Gasteiger partial charge >= 0.3 is 0 Å². The highest BCUT2D eigenvalue weighted by atomic mass is 14.3. The topological polar surface area (TPSA) is 0 Å². The standard InChI is InChI=1S/C33H30/c1-5-13-26(14-6-1)21-30-25-31(22-27-15-7-2-8-16-27)33(24-29-19-11-4-12-20-29)32(30)23-28-17-9-3-10-18-28/h1-20,25,32H,21-24H2. The van der Waals surface area contributed by atoms with Gasteiger partial charge in [-0.2, -0.15) is 0 Å². The molecule has 1 atom stereocenters. The molecule has 0 nitrogen and oxygen atoms in total. The molecule has 0 fully saturated rings. The van der Waals surface area contributed by atoms with E-state index in [1.165, 1.54) is 27.8 Å². The van der Waals surface area contributed by atoms with Crippen LogP contribution in [0.15, 0.2) is 144 Å². The highest BCUT2D eigenvalue weighted by molar-refractivity contribution is 5.49. The van der Waals surface area contributed by atoms with Crippen molar-refractivity contribution in [3.63, 3.8) is 0 Å². The third-order valence-corrected chi connectivity index (χ3v) is 6.65. The molecule has 0 saturated carbocycles. The summed E-state index contributed by atoms with van der Waals surface area (Å²) in [5, 5.41) is 0. The summed E-state index contributed by atoms with van der Waals surface area (Å²) in [6, 6.07) is 43.8. The molecule has 0 aliphatic heterocycles. The van der Waals surface area contributed by atoms with E-state index >= 15 is 0 Å². The number of hydrogen-bond acceptors (Lipinski definition) is 0. The average molecular weight is 427 g/mol. The maximum absolute atomic E-state index is 2.52. The van der Waals surface area contributed by atoms with Gasteiger partial charge in [-0.3, -0.25) is 0 Å². The molecule has 0 bridgehead atoms. The van der Waals surface area contributed by atoms with Crippen molar-refractivity contribution >= 4 is 0 Å². The van der Waals surface area contributed by atoms with E-state index < -0.39 is 0 Å². The SMILES string of the molecule is C1=C(Cc2ccccc2)C(Cc2ccccc2)C(Cc2ccccc2)=C1Cc1ccccc1. The third kappa shape index (κ3) is 5.41. The zero-order valence-corrected chi connectivity index (χ0v) is 19.0. The summed E-state index contributed by atoms with van der Waals surface area (Å²) >= 11 is 0. The summed E-state index contributed by atoms with van der Waals surface area (Å²) in [5.41, 5.74) is 10.2. The van der Waals surface area contributed by atoms with Gasteiger partial charge in [0.25, 0.3) is 0 Å². The lowest BCUT2D eigenvalue weighted by Gasteiger charge is -2.21. The van der Waals surface area contributed by atoms with Crippen molar-refractivity contribution in [2.75, 3.05) is 0 Å². The fourth-order valence-corrected chi connectivity index (χ4v) is 5.01. The lowest BCUT2D eigenvalue weighted by molar-refractivity contribution is 0.680. The van der Waals surface area contributed by atoms with Gasteiger partial charge in [0.15, 0.2) is 0 Å². The van der Waals surface area contributed by atoms with Gasteiger partial charge in [-0.25, -0.2) is 0 Å². The fraction of sp³-hybridized carbons (Fsp3) is 0.152. The Labute approximate surface area is 198 Å². The number of hydrogen-bond donors (Lipinski definition) is 0. The van der Waals surface area contributed by atoms with Crippen molar-refractivity contribution in [2.24, 2.45) is 5.92 Å². The van der Waals surface area contributed by atoms with Crippen LogP contribution in [0, 0.1) is 5.92 Å². The summed E-state index contributed by atoms with van der Waals surface area (Å²) in [4.78, 5) is 0. The first kappa shape index (κ1) is 21.2. The van der Waals surface area contributed by atoms with Gasteiger partial charge in [0.1, 0.15) is 0 Å². The second kappa shape index (κ2) is 10.3. The van der Waals surface area contributed by atoms with Crippen LogP contribution in [-0.2, 0) is 25.7 Å². The van der Waals surface area contributed by atoms with Crippen molar-refractivity contribution in [2.45, 2.75) is 25.7 Å². The molecule has 0 spiro atoms. The third-order valence-electron chi connectivity index (χ3n) is 6.65. The summed E-state index contributed by atoms with van der Waals surface area (Å²) in [6.45, 7) is 0. The molecule has 0 N–H and O–H groups in total. The molecule has 0 saturated heterocycles. The van der Waals surface area contributed by atoms with Gasteiger partial charge in [-0.05, 0) is 53.5 Å². The summed E-state index contributed by atoms with van der Waals surface area (Å²) in [6.07, 6.45) is 6.59. The van der Waals surface area contributed by atoms with Crippen LogP contribution in [0.4, 0.5) is 0 Å². The molecule has 1 aliphatic rings. The fourth-order valence-electron chi connectivity index (χ4n) is 5.01. The van der Waals surface area contributed by atoms with Crippen LogP contribution < -0.4 is 0 Å². The van der Waals surface area contributed by atoms with Crippen LogP contribution >= 0.6 is 0 Å². The van der Waals surface area contributed by atoms with Crippen LogP contribution in [0.25, 0.3) is 0 Å². The lowest BCUT2D eigenvalue weighted by Crippen LogP contribution is -2.12. The van der Waals surface area contributed by atoms with E-state index in [-0.39, 0.29) is 0 Å². The van der Waals surface area contributed by atoms with Crippen molar-refractivity contribution < 1.29 is 0 Å². The van der Waals surface area contributed by atoms with Gasteiger partial charge in [-0.1, -0.05) is 139 Å². The van der Waals surface area contributed by atoms with Crippen LogP contribution in [0.5, 0.6) is 0 Å². The molecule has 0 amide bonds. The van der Waals surface area contributed by atoms with Gasteiger partial charge < -0.3 is 0 Å². The van der Waals surface area contributed by atoms with E-state index in [2.05, 4.69) is 127 Å². The highest BCUT2D eigenvalue weighted by Gasteiger charge is 2.28. The van der Waals surface area contributed by atoms with Crippen LogP contribution in [-0.4, -0.2) is 0 Å². The largest absolute Gasteiger partial charge is 0.0622 e. The molecule has 5 rings (SSSR count). The van der Waals surface area contributed by atoms with Gasteiger partial charge in [0.2, 0.25) is 0 Å². The zero-order valence-electron chi connectivity index (χ0n) is 19.0. The van der Waals surface area contributed by atoms with Crippen LogP contribution in [0.1, 0.15) is 22.3 Å². The summed E-state index contributed by atoms with van der Waals surface area (Å²) in [7, 11) is 0. The monoisotopic (exact) mass is 426 g/mol. The van der Waals surface area contributed by atoms with Gasteiger partial charge in [0, 0.05) is 5.92 Å². The Morgan fingerprint density at radius 3 is 1.36 bits per heavy atom. The number of allylic oxidation sites excluding steroid dienone is 4. The van der Waals surface area contributed by atoms with E-state index in [1.54, 1.807) is 11.1 Å². The number of benzene rings is 4. The highest BCUT2D eigenvalue weighted by Crippen LogP contribution is 2.39. The predicted octanol–water partition coefficient (Wildman–Crippen LogP) is 7.81.